The smallest absolute Gasteiger partial charge is 0.419 e. The van der Waals surface area contributed by atoms with Crippen LogP contribution >= 0.6 is 0 Å². The molecule has 1 aromatic rings. The molecule has 0 aromatic heterocycles. The highest BCUT2D eigenvalue weighted by molar-refractivity contribution is 5.78. The topological polar surface area (TPSA) is 38.3 Å². The van der Waals surface area contributed by atoms with Gasteiger partial charge in [0.25, 0.3) is 5.91 Å². The molecule has 3 nitrogen and oxygen atoms in total. The van der Waals surface area contributed by atoms with Gasteiger partial charge in [0.1, 0.15) is 5.75 Å². The van der Waals surface area contributed by atoms with Gasteiger partial charge in [-0.2, -0.15) is 13.2 Å². The van der Waals surface area contributed by atoms with Gasteiger partial charge in [-0.3, -0.25) is 4.79 Å². The van der Waals surface area contributed by atoms with Gasteiger partial charge in [0.2, 0.25) is 0 Å². The minimum absolute atomic E-state index is 0.348. The first kappa shape index (κ1) is 15.3. The van der Waals surface area contributed by atoms with Crippen molar-refractivity contribution in [2.75, 3.05) is 6.61 Å². The molecular weight excluding hydrogens is 259 g/mol. The maximum Gasteiger partial charge on any atom is 0.419 e. The second-order valence-corrected chi connectivity index (χ2v) is 5.08. The minimum Gasteiger partial charge on any atom is -0.483 e. The Bertz CT molecular complexity index is 450. The lowest BCUT2D eigenvalue weighted by Gasteiger charge is -2.21. The minimum atomic E-state index is -4.50. The van der Waals surface area contributed by atoms with Crippen LogP contribution in [0.2, 0.25) is 0 Å². The third kappa shape index (κ3) is 5.19. The number of hydrogen-bond acceptors (Lipinski definition) is 2. The maximum atomic E-state index is 12.7. The van der Waals surface area contributed by atoms with Crippen LogP contribution in [0.25, 0.3) is 0 Å². The SMILES string of the molecule is CC(C)(C)NC(=O)COc1ccccc1C(F)(F)F. The number of carbonyl (C=O) groups excluding carboxylic acids is 1. The van der Waals surface area contributed by atoms with Crippen LogP contribution in [-0.2, 0) is 11.0 Å². The molecule has 0 radical (unpaired) electrons. The van der Waals surface area contributed by atoms with E-state index in [1.54, 1.807) is 20.8 Å². The highest BCUT2D eigenvalue weighted by Crippen LogP contribution is 2.35. The first-order chi connectivity index (χ1) is 8.59. The number of hydrogen-bond donors (Lipinski definition) is 1. The Hall–Kier alpha value is -1.72. The molecule has 0 bridgehead atoms. The Labute approximate surface area is 109 Å². The number of amides is 1. The summed E-state index contributed by atoms with van der Waals surface area (Å²) < 4.78 is 42.9. The van der Waals surface area contributed by atoms with Crippen LogP contribution in [0.5, 0.6) is 5.75 Å². The zero-order valence-electron chi connectivity index (χ0n) is 11.0. The van der Waals surface area contributed by atoms with Gasteiger partial charge in [0, 0.05) is 5.54 Å². The van der Waals surface area contributed by atoms with Crippen molar-refractivity contribution in [3.05, 3.63) is 29.8 Å². The summed E-state index contributed by atoms with van der Waals surface area (Å²) >= 11 is 0. The van der Waals surface area contributed by atoms with Crippen LogP contribution in [-0.4, -0.2) is 18.1 Å². The van der Waals surface area contributed by atoms with Crippen molar-refractivity contribution in [3.63, 3.8) is 0 Å². The van der Waals surface area contributed by atoms with Crippen molar-refractivity contribution in [2.24, 2.45) is 0 Å². The summed E-state index contributed by atoms with van der Waals surface area (Å²) in [5, 5.41) is 2.60. The molecule has 19 heavy (non-hydrogen) atoms. The number of rotatable bonds is 3. The van der Waals surface area contributed by atoms with E-state index in [4.69, 9.17) is 4.74 Å². The highest BCUT2D eigenvalue weighted by atomic mass is 19.4. The molecular formula is C13H16F3NO2. The number of ether oxygens (including phenoxy) is 1. The van der Waals surface area contributed by atoms with Crippen molar-refractivity contribution in [3.8, 4) is 5.75 Å². The van der Waals surface area contributed by atoms with E-state index in [9.17, 15) is 18.0 Å². The summed E-state index contributed by atoms with van der Waals surface area (Å²) in [4.78, 5) is 11.5. The zero-order chi connectivity index (χ0) is 14.7. The molecule has 1 N–H and O–H groups in total. The highest BCUT2D eigenvalue weighted by Gasteiger charge is 2.34. The van der Waals surface area contributed by atoms with E-state index >= 15 is 0 Å². The molecule has 0 aliphatic heterocycles. The number of para-hydroxylation sites is 1. The third-order valence-corrected chi connectivity index (χ3v) is 2.07. The number of benzene rings is 1. The fraction of sp³-hybridized carbons (Fsp3) is 0.462. The van der Waals surface area contributed by atoms with Crippen LogP contribution < -0.4 is 10.1 Å². The van der Waals surface area contributed by atoms with E-state index in [0.717, 1.165) is 6.07 Å². The number of carbonyl (C=O) groups is 1. The van der Waals surface area contributed by atoms with Crippen molar-refractivity contribution < 1.29 is 22.7 Å². The molecule has 1 rings (SSSR count). The number of alkyl halides is 3. The van der Waals surface area contributed by atoms with Crippen LogP contribution in [0.1, 0.15) is 26.3 Å². The molecule has 0 atom stereocenters. The zero-order valence-corrected chi connectivity index (χ0v) is 11.0. The first-order valence-corrected chi connectivity index (χ1v) is 5.69. The lowest BCUT2D eigenvalue weighted by Crippen LogP contribution is -2.43. The predicted octanol–water partition coefficient (Wildman–Crippen LogP) is 3.00. The fourth-order valence-corrected chi connectivity index (χ4v) is 1.42. The van der Waals surface area contributed by atoms with Crippen LogP contribution in [0.15, 0.2) is 24.3 Å². The monoisotopic (exact) mass is 275 g/mol. The third-order valence-electron chi connectivity index (χ3n) is 2.07. The maximum absolute atomic E-state index is 12.7. The summed E-state index contributed by atoms with van der Waals surface area (Å²) in [7, 11) is 0. The van der Waals surface area contributed by atoms with E-state index in [1.807, 2.05) is 0 Å². The molecule has 0 aliphatic carbocycles. The molecule has 0 saturated heterocycles. The average Bonchev–Trinajstić information content (AvgIpc) is 2.23. The Morgan fingerprint density at radius 2 is 1.79 bits per heavy atom. The van der Waals surface area contributed by atoms with Crippen molar-refractivity contribution >= 4 is 5.91 Å². The number of nitrogens with one attached hydrogen (secondary N) is 1. The standard InChI is InChI=1S/C13H16F3NO2/c1-12(2,3)17-11(18)8-19-10-7-5-4-6-9(10)13(14,15)16/h4-7H,8H2,1-3H3,(H,17,18). The first-order valence-electron chi connectivity index (χ1n) is 5.69. The summed E-state index contributed by atoms with van der Waals surface area (Å²) in [6.07, 6.45) is -4.50. The second kappa shape index (κ2) is 5.50. The Morgan fingerprint density at radius 1 is 1.21 bits per heavy atom. The van der Waals surface area contributed by atoms with E-state index in [1.165, 1.54) is 18.2 Å². The summed E-state index contributed by atoms with van der Waals surface area (Å²) in [6, 6.07) is 4.79. The van der Waals surface area contributed by atoms with Gasteiger partial charge >= 0.3 is 6.18 Å². The largest absolute Gasteiger partial charge is 0.483 e. The summed E-state index contributed by atoms with van der Waals surface area (Å²) in [5.74, 6) is -0.816. The summed E-state index contributed by atoms with van der Waals surface area (Å²) in [6.45, 7) is 4.86. The van der Waals surface area contributed by atoms with Crippen molar-refractivity contribution in [1.29, 1.82) is 0 Å². The molecule has 0 fully saturated rings. The quantitative estimate of drug-likeness (QED) is 0.921. The molecule has 0 saturated carbocycles. The van der Waals surface area contributed by atoms with Gasteiger partial charge < -0.3 is 10.1 Å². The van der Waals surface area contributed by atoms with Crippen molar-refractivity contribution in [2.45, 2.75) is 32.5 Å². The summed E-state index contributed by atoms with van der Waals surface area (Å²) in [5.41, 5.74) is -1.34. The molecule has 1 amide bonds. The Kier molecular flexibility index (Phi) is 4.44. The molecule has 0 heterocycles. The van der Waals surface area contributed by atoms with Gasteiger partial charge in [-0.15, -0.1) is 0 Å². The molecule has 1 aromatic carbocycles. The van der Waals surface area contributed by atoms with Gasteiger partial charge in [-0.1, -0.05) is 12.1 Å². The molecule has 0 unspecified atom stereocenters. The normalized spacial score (nSPS) is 12.1. The second-order valence-electron chi connectivity index (χ2n) is 5.08. The van der Waals surface area contributed by atoms with Crippen LogP contribution in [0.3, 0.4) is 0 Å². The van der Waals surface area contributed by atoms with Gasteiger partial charge in [0.15, 0.2) is 6.61 Å². The van der Waals surface area contributed by atoms with Gasteiger partial charge in [-0.05, 0) is 32.9 Å². The van der Waals surface area contributed by atoms with E-state index in [-0.39, 0.29) is 5.75 Å². The predicted molar refractivity (Wildman–Crippen MR) is 64.8 cm³/mol. The molecule has 6 heteroatoms. The van der Waals surface area contributed by atoms with Crippen LogP contribution in [0, 0.1) is 0 Å². The average molecular weight is 275 g/mol. The van der Waals surface area contributed by atoms with Crippen LogP contribution in [0.4, 0.5) is 13.2 Å². The van der Waals surface area contributed by atoms with E-state index < -0.39 is 29.8 Å². The molecule has 106 valence electrons. The molecule has 0 aliphatic rings. The lowest BCUT2D eigenvalue weighted by molar-refractivity contribution is -0.139. The molecule has 0 spiro atoms. The van der Waals surface area contributed by atoms with Crippen molar-refractivity contribution in [1.82, 2.24) is 5.32 Å². The van der Waals surface area contributed by atoms with Gasteiger partial charge in [-0.25, -0.2) is 0 Å². The van der Waals surface area contributed by atoms with E-state index in [0.29, 0.717) is 0 Å². The van der Waals surface area contributed by atoms with Gasteiger partial charge in [0.05, 0.1) is 5.56 Å². The van der Waals surface area contributed by atoms with E-state index in [2.05, 4.69) is 5.32 Å². The Balaban J connectivity index is 2.71. The fourth-order valence-electron chi connectivity index (χ4n) is 1.42. The lowest BCUT2D eigenvalue weighted by atomic mass is 10.1. The number of halogens is 3. The Morgan fingerprint density at radius 3 is 2.32 bits per heavy atom.